The van der Waals surface area contributed by atoms with Crippen LogP contribution in [0.25, 0.3) is 0 Å². The second-order valence-electron chi connectivity index (χ2n) is 23.8. The van der Waals surface area contributed by atoms with Crippen LogP contribution in [0.2, 0.25) is 0 Å². The summed E-state index contributed by atoms with van der Waals surface area (Å²) in [5.41, 5.74) is 0. The average molecular weight is 1360 g/mol. The number of aliphatic hydroxyl groups excluding tert-OH is 1. The summed E-state index contributed by atoms with van der Waals surface area (Å²) in [5, 5.41) is 10.6. The molecule has 0 radical (unpaired) electrons. The van der Waals surface area contributed by atoms with Crippen molar-refractivity contribution in [1.82, 2.24) is 0 Å². The second kappa shape index (κ2) is 67.3. The molecule has 19 heteroatoms. The van der Waals surface area contributed by atoms with Crippen molar-refractivity contribution in [3.05, 3.63) is 109 Å². The molecule has 0 aliphatic carbocycles. The standard InChI is InChI=1S/C75H128O17P2/c1-5-9-13-17-21-25-29-32-34-37-40-43-47-51-55-59-72(77)85-65-70(91-74(79)61-57-53-49-45-39-28-24-20-16-12-8-4)67-89-93(81,82)87-63-69(76)64-88-94(83,84)90-68-71(92-75(80)62-58-54-50-46-42-36-31-27-23-19-15-11-7-3)66-86-73(78)60-56-52-48-44-41-38-35-33-30-26-22-18-14-10-6-2/h9-10,13-14,20-22,24-26,32-35,40,43,51,55,69-71,76H,5-8,11-12,15-19,23,27-31,36-39,41-42,44-50,52-54,56-68H2,1-4H3,(H,81,82)(H,83,84)/b13-9-,14-10-,24-20-,25-21-,26-22-,34-32-,35-33-,43-40-,55-51-. The fourth-order valence-corrected chi connectivity index (χ4v) is 10.9. The molecule has 0 saturated carbocycles. The summed E-state index contributed by atoms with van der Waals surface area (Å²) < 4.78 is 68.1. The third-order valence-corrected chi connectivity index (χ3v) is 16.7. The number of allylic oxidation sites excluding steroid dienone is 17. The Morgan fingerprint density at radius 2 is 0.606 bits per heavy atom. The molecule has 0 aliphatic rings. The van der Waals surface area contributed by atoms with E-state index in [1.54, 1.807) is 6.08 Å². The van der Waals surface area contributed by atoms with Gasteiger partial charge in [0.1, 0.15) is 19.3 Å². The minimum absolute atomic E-state index is 0.0639. The number of aliphatic hydroxyl groups is 1. The Kier molecular flexibility index (Phi) is 64.2. The zero-order valence-corrected chi connectivity index (χ0v) is 60.4. The van der Waals surface area contributed by atoms with E-state index in [2.05, 4.69) is 113 Å². The number of unbranched alkanes of at least 4 members (excludes halogenated alkanes) is 24. The fourth-order valence-electron chi connectivity index (χ4n) is 9.29. The molecule has 17 nitrogen and oxygen atoms in total. The first kappa shape index (κ1) is 89.7. The number of ether oxygens (including phenoxy) is 4. The second-order valence-corrected chi connectivity index (χ2v) is 26.7. The van der Waals surface area contributed by atoms with Crippen LogP contribution in [-0.4, -0.2) is 96.7 Å². The Bertz CT molecular complexity index is 2220. The lowest BCUT2D eigenvalue weighted by atomic mass is 10.0. The van der Waals surface area contributed by atoms with Gasteiger partial charge in [-0.25, -0.2) is 9.13 Å². The molecule has 0 heterocycles. The molecule has 0 bridgehead atoms. The van der Waals surface area contributed by atoms with Crippen molar-refractivity contribution in [3.63, 3.8) is 0 Å². The Labute approximate surface area is 569 Å². The minimum Gasteiger partial charge on any atom is -0.462 e. The molecule has 0 rings (SSSR count). The third-order valence-electron chi connectivity index (χ3n) is 14.8. The first-order valence-electron chi connectivity index (χ1n) is 36.1. The van der Waals surface area contributed by atoms with E-state index < -0.39 is 97.5 Å². The van der Waals surface area contributed by atoms with Gasteiger partial charge >= 0.3 is 39.5 Å². The summed E-state index contributed by atoms with van der Waals surface area (Å²) in [6.07, 6.45) is 69.9. The largest absolute Gasteiger partial charge is 0.472 e. The van der Waals surface area contributed by atoms with Crippen molar-refractivity contribution < 1.29 is 80.2 Å². The SMILES string of the molecule is CC/C=C\C/C=C\C/C=C\C/C=C\C/C=C\CC(=O)OCC(COP(=O)(O)OCC(O)COP(=O)(O)OCC(COC(=O)CCCCCCC/C=C\C/C=C\C/C=C\CC)OC(=O)CCCCCCCCCCCCCCC)OC(=O)CCCCCCC/C=C\CCCC. The van der Waals surface area contributed by atoms with Crippen LogP contribution >= 0.6 is 15.6 Å². The van der Waals surface area contributed by atoms with E-state index in [0.29, 0.717) is 25.7 Å². The lowest BCUT2D eigenvalue weighted by molar-refractivity contribution is -0.161. The average Bonchev–Trinajstić information content (AvgIpc) is 1.35. The van der Waals surface area contributed by atoms with Crippen molar-refractivity contribution in [2.24, 2.45) is 0 Å². The summed E-state index contributed by atoms with van der Waals surface area (Å²) in [5.74, 6) is -2.35. The smallest absolute Gasteiger partial charge is 0.462 e. The molecule has 0 aromatic rings. The number of carbonyl (C=O) groups excluding carboxylic acids is 4. The van der Waals surface area contributed by atoms with Gasteiger partial charge in [0, 0.05) is 19.3 Å². The van der Waals surface area contributed by atoms with Crippen LogP contribution in [0.15, 0.2) is 109 Å². The normalized spacial score (nSPS) is 14.7. The van der Waals surface area contributed by atoms with E-state index in [9.17, 15) is 43.2 Å². The molecule has 0 aliphatic heterocycles. The molecule has 0 amide bonds. The zero-order chi connectivity index (χ0) is 69.0. The molecular formula is C75H128O17P2. The van der Waals surface area contributed by atoms with Gasteiger partial charge in [-0.05, 0) is 103 Å². The van der Waals surface area contributed by atoms with E-state index in [4.69, 9.17) is 37.0 Å². The van der Waals surface area contributed by atoms with Crippen molar-refractivity contribution in [2.45, 2.75) is 303 Å². The summed E-state index contributed by atoms with van der Waals surface area (Å²) in [4.78, 5) is 72.6. The predicted molar refractivity (Wildman–Crippen MR) is 381 cm³/mol. The minimum atomic E-state index is -4.99. The van der Waals surface area contributed by atoms with Gasteiger partial charge in [0.15, 0.2) is 12.2 Å². The van der Waals surface area contributed by atoms with E-state index >= 15 is 0 Å². The van der Waals surface area contributed by atoms with Crippen molar-refractivity contribution in [3.8, 4) is 0 Å². The monoisotopic (exact) mass is 1360 g/mol. The summed E-state index contributed by atoms with van der Waals surface area (Å²) >= 11 is 0. The number of phosphoric acid groups is 2. The van der Waals surface area contributed by atoms with Gasteiger partial charge in [-0.15, -0.1) is 0 Å². The first-order chi connectivity index (χ1) is 45.7. The van der Waals surface area contributed by atoms with Crippen molar-refractivity contribution in [1.29, 1.82) is 0 Å². The molecule has 0 saturated heterocycles. The van der Waals surface area contributed by atoms with Crippen LogP contribution in [0.1, 0.15) is 285 Å². The van der Waals surface area contributed by atoms with Gasteiger partial charge in [0.25, 0.3) is 0 Å². The first-order valence-corrected chi connectivity index (χ1v) is 39.1. The Morgan fingerprint density at radius 1 is 0.319 bits per heavy atom. The number of carbonyl (C=O) groups is 4. The molecule has 5 atom stereocenters. The molecule has 540 valence electrons. The maximum Gasteiger partial charge on any atom is 0.472 e. The van der Waals surface area contributed by atoms with E-state index in [-0.39, 0.29) is 25.7 Å². The quantitative estimate of drug-likeness (QED) is 0.0169. The van der Waals surface area contributed by atoms with Crippen LogP contribution in [0.5, 0.6) is 0 Å². The molecule has 5 unspecified atom stereocenters. The van der Waals surface area contributed by atoms with Crippen LogP contribution < -0.4 is 0 Å². The van der Waals surface area contributed by atoms with E-state index in [0.717, 1.165) is 141 Å². The molecule has 3 N–H and O–H groups in total. The van der Waals surface area contributed by atoms with Gasteiger partial charge in [0.2, 0.25) is 0 Å². The lowest BCUT2D eigenvalue weighted by Crippen LogP contribution is -2.30. The van der Waals surface area contributed by atoms with Crippen LogP contribution in [-0.2, 0) is 65.4 Å². The number of esters is 4. The van der Waals surface area contributed by atoms with Gasteiger partial charge in [-0.1, -0.05) is 265 Å². The van der Waals surface area contributed by atoms with Crippen molar-refractivity contribution >= 4 is 39.5 Å². The Balaban J connectivity index is 5.39. The maximum absolute atomic E-state index is 13.0. The fraction of sp³-hybridized carbons (Fsp3) is 0.707. The molecule has 94 heavy (non-hydrogen) atoms. The number of hydrogen-bond acceptors (Lipinski definition) is 15. The third kappa shape index (κ3) is 66.3. The molecular weight excluding hydrogens is 1230 g/mol. The number of phosphoric ester groups is 2. The van der Waals surface area contributed by atoms with Crippen LogP contribution in [0.3, 0.4) is 0 Å². The highest BCUT2D eigenvalue weighted by Crippen LogP contribution is 2.45. The maximum atomic E-state index is 13.0. The van der Waals surface area contributed by atoms with Gasteiger partial charge < -0.3 is 33.8 Å². The molecule has 0 aromatic heterocycles. The highest BCUT2D eigenvalue weighted by molar-refractivity contribution is 7.47. The summed E-state index contributed by atoms with van der Waals surface area (Å²) in [6.45, 7) is 4.45. The molecule has 0 spiro atoms. The summed E-state index contributed by atoms with van der Waals surface area (Å²) in [6, 6.07) is 0. The predicted octanol–water partition coefficient (Wildman–Crippen LogP) is 20.2. The highest BCUT2D eigenvalue weighted by atomic mass is 31.2. The van der Waals surface area contributed by atoms with E-state index in [1.807, 2.05) is 18.2 Å². The Morgan fingerprint density at radius 3 is 0.989 bits per heavy atom. The topological polar surface area (TPSA) is 237 Å². The number of rotatable bonds is 67. The zero-order valence-electron chi connectivity index (χ0n) is 58.6. The van der Waals surface area contributed by atoms with E-state index in [1.165, 1.54) is 64.2 Å². The highest BCUT2D eigenvalue weighted by Gasteiger charge is 2.30. The summed E-state index contributed by atoms with van der Waals surface area (Å²) in [7, 11) is -9.97. The molecule has 0 fully saturated rings. The van der Waals surface area contributed by atoms with Gasteiger partial charge in [0.05, 0.1) is 32.8 Å². The van der Waals surface area contributed by atoms with Gasteiger partial charge in [-0.2, -0.15) is 0 Å². The van der Waals surface area contributed by atoms with Gasteiger partial charge in [-0.3, -0.25) is 37.3 Å². The number of hydrogen-bond donors (Lipinski definition) is 3. The van der Waals surface area contributed by atoms with Crippen molar-refractivity contribution in [2.75, 3.05) is 39.6 Å². The Hall–Kier alpha value is -4.28. The van der Waals surface area contributed by atoms with Crippen LogP contribution in [0, 0.1) is 0 Å². The lowest BCUT2D eigenvalue weighted by Gasteiger charge is -2.21. The van der Waals surface area contributed by atoms with Crippen LogP contribution in [0.4, 0.5) is 0 Å². The molecule has 0 aromatic carbocycles.